The third-order valence-electron chi connectivity index (χ3n) is 5.09. The Morgan fingerprint density at radius 1 is 0.875 bits per heavy atom. The van der Waals surface area contributed by atoms with Crippen molar-refractivity contribution in [1.29, 1.82) is 0 Å². The van der Waals surface area contributed by atoms with Crippen LogP contribution in [0.25, 0.3) is 0 Å². The molecule has 92 valence electrons. The van der Waals surface area contributed by atoms with Gasteiger partial charge in [0.25, 0.3) is 0 Å². The second kappa shape index (κ2) is 4.68. The van der Waals surface area contributed by atoms with Gasteiger partial charge in [-0.25, -0.2) is 0 Å². The van der Waals surface area contributed by atoms with E-state index in [1.165, 1.54) is 57.8 Å². The van der Waals surface area contributed by atoms with E-state index in [0.717, 1.165) is 29.8 Å². The van der Waals surface area contributed by atoms with E-state index in [0.29, 0.717) is 0 Å². The molecule has 1 atom stereocenters. The SMILES string of the molecule is CC1CC(NC(C2CCCCC2)C2CC2)C1. The van der Waals surface area contributed by atoms with Crippen LogP contribution >= 0.6 is 0 Å². The zero-order chi connectivity index (χ0) is 11.0. The molecule has 1 unspecified atom stereocenters. The number of rotatable bonds is 4. The van der Waals surface area contributed by atoms with Gasteiger partial charge in [-0.05, 0) is 56.3 Å². The lowest BCUT2D eigenvalue weighted by Crippen LogP contribution is -2.49. The molecule has 1 nitrogen and oxygen atoms in total. The fourth-order valence-electron chi connectivity index (χ4n) is 3.92. The first-order valence-electron chi connectivity index (χ1n) is 7.59. The number of nitrogens with one attached hydrogen (secondary N) is 1. The van der Waals surface area contributed by atoms with Crippen LogP contribution in [0.5, 0.6) is 0 Å². The monoisotopic (exact) mass is 221 g/mol. The van der Waals surface area contributed by atoms with Crippen molar-refractivity contribution < 1.29 is 0 Å². The molecule has 3 aliphatic rings. The molecule has 3 aliphatic carbocycles. The van der Waals surface area contributed by atoms with Crippen molar-refractivity contribution in [1.82, 2.24) is 5.32 Å². The van der Waals surface area contributed by atoms with Crippen molar-refractivity contribution in [2.24, 2.45) is 17.8 Å². The van der Waals surface area contributed by atoms with Crippen molar-refractivity contribution >= 4 is 0 Å². The van der Waals surface area contributed by atoms with Gasteiger partial charge in [0.2, 0.25) is 0 Å². The third kappa shape index (κ3) is 2.45. The zero-order valence-electron chi connectivity index (χ0n) is 10.8. The zero-order valence-corrected chi connectivity index (χ0v) is 10.8. The molecule has 1 heteroatoms. The highest BCUT2D eigenvalue weighted by molar-refractivity contribution is 4.95. The summed E-state index contributed by atoms with van der Waals surface area (Å²) in [5.74, 6) is 3.07. The highest BCUT2D eigenvalue weighted by Gasteiger charge is 2.39. The van der Waals surface area contributed by atoms with Crippen LogP contribution in [-0.2, 0) is 0 Å². The van der Waals surface area contributed by atoms with Gasteiger partial charge in [0.1, 0.15) is 0 Å². The first-order chi connectivity index (χ1) is 7.83. The summed E-state index contributed by atoms with van der Waals surface area (Å²) >= 11 is 0. The summed E-state index contributed by atoms with van der Waals surface area (Å²) in [6.45, 7) is 2.39. The maximum atomic E-state index is 4.02. The van der Waals surface area contributed by atoms with Gasteiger partial charge in [-0.3, -0.25) is 0 Å². The molecule has 0 aromatic carbocycles. The Kier molecular flexibility index (Phi) is 3.24. The average Bonchev–Trinajstić information content (AvgIpc) is 3.08. The molecule has 0 aliphatic heterocycles. The molecule has 0 aromatic rings. The van der Waals surface area contributed by atoms with Crippen molar-refractivity contribution in [3.8, 4) is 0 Å². The Morgan fingerprint density at radius 3 is 2.06 bits per heavy atom. The fraction of sp³-hybridized carbons (Fsp3) is 1.00. The van der Waals surface area contributed by atoms with Gasteiger partial charge in [-0.1, -0.05) is 26.2 Å². The van der Waals surface area contributed by atoms with E-state index in [4.69, 9.17) is 0 Å². The molecule has 0 heterocycles. The highest BCUT2D eigenvalue weighted by atomic mass is 15.0. The minimum atomic E-state index is 0.877. The highest BCUT2D eigenvalue weighted by Crippen LogP contribution is 2.41. The quantitative estimate of drug-likeness (QED) is 0.762. The summed E-state index contributed by atoms with van der Waals surface area (Å²) in [6, 6.07) is 1.78. The molecule has 0 bridgehead atoms. The average molecular weight is 221 g/mol. The van der Waals surface area contributed by atoms with Gasteiger partial charge < -0.3 is 5.32 Å². The Labute approximate surface area is 100 Å². The fourth-order valence-corrected chi connectivity index (χ4v) is 3.92. The molecular formula is C15H27N. The first-order valence-corrected chi connectivity index (χ1v) is 7.59. The van der Waals surface area contributed by atoms with Gasteiger partial charge in [-0.15, -0.1) is 0 Å². The van der Waals surface area contributed by atoms with Gasteiger partial charge >= 0.3 is 0 Å². The van der Waals surface area contributed by atoms with Gasteiger partial charge in [0.15, 0.2) is 0 Å². The van der Waals surface area contributed by atoms with Crippen LogP contribution in [0.2, 0.25) is 0 Å². The lowest BCUT2D eigenvalue weighted by Gasteiger charge is -2.40. The second-order valence-electron chi connectivity index (χ2n) is 6.70. The Bertz CT molecular complexity index is 222. The maximum absolute atomic E-state index is 4.02. The Morgan fingerprint density at radius 2 is 1.50 bits per heavy atom. The van der Waals surface area contributed by atoms with E-state index in [1.54, 1.807) is 0 Å². The molecule has 0 saturated heterocycles. The topological polar surface area (TPSA) is 12.0 Å². The summed E-state index contributed by atoms with van der Waals surface area (Å²) in [7, 11) is 0. The minimum Gasteiger partial charge on any atom is -0.311 e. The van der Waals surface area contributed by atoms with Gasteiger partial charge in [0, 0.05) is 12.1 Å². The van der Waals surface area contributed by atoms with E-state index >= 15 is 0 Å². The molecular weight excluding hydrogens is 194 g/mol. The maximum Gasteiger partial charge on any atom is 0.0126 e. The molecule has 0 amide bonds. The van der Waals surface area contributed by atoms with Crippen LogP contribution in [0.3, 0.4) is 0 Å². The minimum absolute atomic E-state index is 0.877. The largest absolute Gasteiger partial charge is 0.311 e. The summed E-state index contributed by atoms with van der Waals surface area (Å²) < 4.78 is 0. The molecule has 3 fully saturated rings. The molecule has 0 spiro atoms. The van der Waals surface area contributed by atoms with E-state index in [-0.39, 0.29) is 0 Å². The smallest absolute Gasteiger partial charge is 0.0126 e. The summed E-state index contributed by atoms with van der Waals surface area (Å²) in [6.07, 6.45) is 13.4. The van der Waals surface area contributed by atoms with Crippen LogP contribution in [0.4, 0.5) is 0 Å². The molecule has 1 N–H and O–H groups in total. The van der Waals surface area contributed by atoms with Crippen molar-refractivity contribution in [3.05, 3.63) is 0 Å². The van der Waals surface area contributed by atoms with Crippen molar-refractivity contribution in [2.45, 2.75) is 76.8 Å². The van der Waals surface area contributed by atoms with Crippen molar-refractivity contribution in [2.75, 3.05) is 0 Å². The number of hydrogen-bond acceptors (Lipinski definition) is 1. The second-order valence-corrected chi connectivity index (χ2v) is 6.70. The van der Waals surface area contributed by atoms with Gasteiger partial charge in [0.05, 0.1) is 0 Å². The Balaban J connectivity index is 1.53. The molecule has 3 rings (SSSR count). The first kappa shape index (κ1) is 11.1. The van der Waals surface area contributed by atoms with E-state index in [2.05, 4.69) is 12.2 Å². The van der Waals surface area contributed by atoms with Crippen LogP contribution in [0.1, 0.15) is 64.7 Å². The lowest BCUT2D eigenvalue weighted by atomic mass is 9.78. The predicted octanol–water partition coefficient (Wildman–Crippen LogP) is 3.73. The van der Waals surface area contributed by atoms with E-state index in [9.17, 15) is 0 Å². The standard InChI is InChI=1S/C15H27N/c1-11-9-14(10-11)16-15(13-7-8-13)12-5-3-2-4-6-12/h11-16H,2-10H2,1H3. The molecule has 16 heavy (non-hydrogen) atoms. The number of hydrogen-bond donors (Lipinski definition) is 1. The summed E-state index contributed by atoms with van der Waals surface area (Å²) in [5.41, 5.74) is 0. The lowest BCUT2D eigenvalue weighted by molar-refractivity contribution is 0.167. The van der Waals surface area contributed by atoms with Gasteiger partial charge in [-0.2, -0.15) is 0 Å². The summed E-state index contributed by atoms with van der Waals surface area (Å²) in [4.78, 5) is 0. The van der Waals surface area contributed by atoms with Crippen LogP contribution in [0.15, 0.2) is 0 Å². The van der Waals surface area contributed by atoms with Crippen LogP contribution in [0, 0.1) is 17.8 Å². The Hall–Kier alpha value is -0.0400. The van der Waals surface area contributed by atoms with Crippen molar-refractivity contribution in [3.63, 3.8) is 0 Å². The summed E-state index contributed by atoms with van der Waals surface area (Å²) in [5, 5.41) is 4.02. The third-order valence-corrected chi connectivity index (χ3v) is 5.09. The molecule has 0 aromatic heterocycles. The van der Waals surface area contributed by atoms with Crippen LogP contribution in [-0.4, -0.2) is 12.1 Å². The van der Waals surface area contributed by atoms with E-state index < -0.39 is 0 Å². The molecule has 0 radical (unpaired) electrons. The normalized spacial score (nSPS) is 38.1. The predicted molar refractivity (Wildman–Crippen MR) is 68.4 cm³/mol. The van der Waals surface area contributed by atoms with Crippen LogP contribution < -0.4 is 5.32 Å². The van der Waals surface area contributed by atoms with E-state index in [1.807, 2.05) is 0 Å². The molecule has 3 saturated carbocycles.